The molecule has 0 saturated heterocycles. The maximum atomic E-state index is 14.6. The fourth-order valence-electron chi connectivity index (χ4n) is 4.20. The molecule has 3 aromatic carbocycles. The van der Waals surface area contributed by atoms with Crippen molar-refractivity contribution in [2.45, 2.75) is 19.8 Å². The summed E-state index contributed by atoms with van der Waals surface area (Å²) in [6.07, 6.45) is 1.56. The summed E-state index contributed by atoms with van der Waals surface area (Å²) in [5.74, 6) is -0.675. The monoisotopic (exact) mass is 516 g/mol. The lowest BCUT2D eigenvalue weighted by molar-refractivity contribution is 0.0952. The second kappa shape index (κ2) is 9.94. The Kier molecular flexibility index (Phi) is 6.54. The average Bonchev–Trinajstić information content (AvgIpc) is 3.33. The first kappa shape index (κ1) is 24.3. The molecule has 5 aromatic rings. The second-order valence-corrected chi connectivity index (χ2v) is 9.02. The Balaban J connectivity index is 1.46. The van der Waals surface area contributed by atoms with Crippen molar-refractivity contribution in [1.29, 1.82) is 0 Å². The number of nitrogens with zero attached hydrogens (tertiary/aromatic N) is 4. The van der Waals surface area contributed by atoms with Crippen LogP contribution in [0.1, 0.15) is 39.1 Å². The number of benzene rings is 3. The molecule has 0 spiro atoms. The molecule has 2 heterocycles. The third-order valence-corrected chi connectivity index (χ3v) is 6.42. The van der Waals surface area contributed by atoms with E-state index in [0.717, 1.165) is 5.56 Å². The van der Waals surface area contributed by atoms with Crippen molar-refractivity contribution in [3.63, 3.8) is 0 Å². The number of nitrogens with one attached hydrogen (secondary N) is 2. The van der Waals surface area contributed by atoms with Crippen LogP contribution in [0.5, 0.6) is 0 Å². The van der Waals surface area contributed by atoms with E-state index >= 15 is 0 Å². The van der Waals surface area contributed by atoms with E-state index in [-0.39, 0.29) is 33.9 Å². The summed E-state index contributed by atoms with van der Waals surface area (Å²) in [5.41, 5.74) is 1.91. The van der Waals surface area contributed by atoms with Crippen molar-refractivity contribution in [2.75, 3.05) is 6.54 Å². The van der Waals surface area contributed by atoms with E-state index in [1.165, 1.54) is 6.07 Å². The zero-order valence-corrected chi connectivity index (χ0v) is 20.8. The first-order valence-electron chi connectivity index (χ1n) is 11.5. The number of rotatable bonds is 6. The summed E-state index contributed by atoms with van der Waals surface area (Å²) in [7, 11) is 0. The third-order valence-electron chi connectivity index (χ3n) is 6.10. The van der Waals surface area contributed by atoms with Gasteiger partial charge in [-0.05, 0) is 49.2 Å². The number of amides is 1. The van der Waals surface area contributed by atoms with E-state index < -0.39 is 23.2 Å². The zero-order chi connectivity index (χ0) is 26.1. The van der Waals surface area contributed by atoms with E-state index in [9.17, 15) is 14.0 Å². The van der Waals surface area contributed by atoms with Crippen LogP contribution in [0.15, 0.2) is 71.8 Å². The van der Waals surface area contributed by atoms with Gasteiger partial charge in [0.2, 0.25) is 0 Å². The van der Waals surface area contributed by atoms with Gasteiger partial charge in [0.15, 0.2) is 0 Å². The van der Waals surface area contributed by atoms with Gasteiger partial charge in [-0.3, -0.25) is 9.59 Å². The van der Waals surface area contributed by atoms with Crippen LogP contribution in [-0.4, -0.2) is 37.2 Å². The van der Waals surface area contributed by atoms with Gasteiger partial charge < -0.3 is 10.3 Å². The number of aryl methyl sites for hydroxylation is 2. The highest BCUT2D eigenvalue weighted by molar-refractivity contribution is 6.34. The second-order valence-electron chi connectivity index (χ2n) is 8.61. The molecular weight excluding hydrogens is 495 g/mol. The van der Waals surface area contributed by atoms with Gasteiger partial charge >= 0.3 is 0 Å². The van der Waals surface area contributed by atoms with Crippen molar-refractivity contribution in [3.05, 3.63) is 117 Å². The van der Waals surface area contributed by atoms with Gasteiger partial charge in [0.25, 0.3) is 11.5 Å². The number of H-pyrrole nitrogens is 1. The Bertz CT molecular complexity index is 1680. The van der Waals surface area contributed by atoms with Crippen LogP contribution in [-0.2, 0) is 0 Å². The number of hydrogen-bond donors (Lipinski definition) is 2. The summed E-state index contributed by atoms with van der Waals surface area (Å²) in [4.78, 5) is 37.3. The summed E-state index contributed by atoms with van der Waals surface area (Å²) in [6.45, 7) is 3.59. The number of halogens is 2. The fraction of sp³-hybridized carbons (Fsp3) is 0.148. The van der Waals surface area contributed by atoms with Crippen LogP contribution in [0.3, 0.4) is 0 Å². The SMILES string of the molecule is Cc1ncn(-c2ccc(C(=O)NCC(c3ccccc3)c3nc4c(F)ccc(C)c4c(=O)[nH]3)c(Cl)c2)n1. The first-order valence-corrected chi connectivity index (χ1v) is 11.9. The summed E-state index contributed by atoms with van der Waals surface area (Å²) in [6, 6.07) is 17.0. The molecule has 0 bridgehead atoms. The molecule has 5 rings (SSSR count). The lowest BCUT2D eigenvalue weighted by Crippen LogP contribution is -2.31. The average molecular weight is 517 g/mol. The molecule has 10 heteroatoms. The van der Waals surface area contributed by atoms with Gasteiger partial charge in [0, 0.05) is 6.54 Å². The standard InChI is InChI=1S/C27H22ClFN6O2/c1-15-8-11-22(29)24-23(15)27(37)33-25(32-24)20(17-6-4-3-5-7-17)13-30-26(36)19-10-9-18(12-21(19)28)35-14-31-16(2)34-35/h3-12,14,20H,13H2,1-2H3,(H,30,36)(H,32,33,37). The van der Waals surface area contributed by atoms with Gasteiger partial charge in [0.05, 0.1) is 27.6 Å². The van der Waals surface area contributed by atoms with Crippen molar-refractivity contribution in [3.8, 4) is 5.69 Å². The quantitative estimate of drug-likeness (QED) is 0.346. The van der Waals surface area contributed by atoms with Crippen molar-refractivity contribution < 1.29 is 9.18 Å². The zero-order valence-electron chi connectivity index (χ0n) is 20.0. The molecule has 0 aliphatic heterocycles. The predicted molar refractivity (Wildman–Crippen MR) is 139 cm³/mol. The predicted octanol–water partition coefficient (Wildman–Crippen LogP) is 4.48. The lowest BCUT2D eigenvalue weighted by atomic mass is 9.97. The maximum Gasteiger partial charge on any atom is 0.259 e. The highest BCUT2D eigenvalue weighted by Gasteiger charge is 2.22. The molecule has 1 atom stereocenters. The van der Waals surface area contributed by atoms with Crippen LogP contribution in [0.2, 0.25) is 5.02 Å². The largest absolute Gasteiger partial charge is 0.351 e. The minimum atomic E-state index is -0.585. The normalized spacial score (nSPS) is 12.0. The lowest BCUT2D eigenvalue weighted by Gasteiger charge is -2.19. The van der Waals surface area contributed by atoms with Crippen molar-refractivity contribution in [1.82, 2.24) is 30.0 Å². The molecule has 0 saturated carbocycles. The number of carbonyl (C=O) groups excluding carboxylic acids is 1. The van der Waals surface area contributed by atoms with E-state index in [1.54, 1.807) is 49.1 Å². The van der Waals surface area contributed by atoms with Gasteiger partial charge in [-0.15, -0.1) is 0 Å². The summed E-state index contributed by atoms with van der Waals surface area (Å²) in [5, 5.41) is 7.57. The molecule has 0 aliphatic carbocycles. The van der Waals surface area contributed by atoms with Crippen molar-refractivity contribution >= 4 is 28.4 Å². The molecule has 1 amide bonds. The highest BCUT2D eigenvalue weighted by atomic mass is 35.5. The molecule has 1 unspecified atom stereocenters. The molecule has 0 aliphatic rings. The van der Waals surface area contributed by atoms with Crippen molar-refractivity contribution in [2.24, 2.45) is 0 Å². The summed E-state index contributed by atoms with van der Waals surface area (Å²) >= 11 is 6.42. The maximum absolute atomic E-state index is 14.6. The number of hydrogen-bond acceptors (Lipinski definition) is 5. The van der Waals surface area contributed by atoms with Crippen LogP contribution in [0.4, 0.5) is 4.39 Å². The molecule has 2 N–H and O–H groups in total. The Morgan fingerprint density at radius 2 is 1.92 bits per heavy atom. The van der Waals surface area contributed by atoms with Gasteiger partial charge in [-0.25, -0.2) is 19.0 Å². The Morgan fingerprint density at radius 3 is 2.62 bits per heavy atom. The molecule has 2 aromatic heterocycles. The minimum Gasteiger partial charge on any atom is -0.351 e. The Hall–Kier alpha value is -4.37. The van der Waals surface area contributed by atoms with E-state index in [0.29, 0.717) is 17.1 Å². The third kappa shape index (κ3) is 4.85. The number of fused-ring (bicyclic) bond motifs is 1. The summed E-state index contributed by atoms with van der Waals surface area (Å²) < 4.78 is 16.2. The smallest absolute Gasteiger partial charge is 0.259 e. The Morgan fingerprint density at radius 1 is 1.14 bits per heavy atom. The van der Waals surface area contributed by atoms with Gasteiger partial charge in [-0.2, -0.15) is 5.10 Å². The molecule has 186 valence electrons. The number of aromatic amines is 1. The number of aromatic nitrogens is 5. The van der Waals surface area contributed by atoms with Crippen LogP contribution < -0.4 is 10.9 Å². The molecule has 0 radical (unpaired) electrons. The number of carbonyl (C=O) groups is 1. The van der Waals surface area contributed by atoms with Gasteiger partial charge in [0.1, 0.15) is 29.3 Å². The van der Waals surface area contributed by atoms with Gasteiger partial charge in [-0.1, -0.05) is 48.0 Å². The van der Waals surface area contributed by atoms with E-state index in [2.05, 4.69) is 25.4 Å². The van der Waals surface area contributed by atoms with Crippen LogP contribution in [0, 0.1) is 19.7 Å². The Labute approximate surface area is 216 Å². The van der Waals surface area contributed by atoms with E-state index in [1.807, 2.05) is 30.3 Å². The minimum absolute atomic E-state index is 0.00649. The fourth-order valence-corrected chi connectivity index (χ4v) is 4.46. The molecular formula is C27H22ClFN6O2. The topological polar surface area (TPSA) is 106 Å². The first-order chi connectivity index (χ1) is 17.8. The van der Waals surface area contributed by atoms with Crippen LogP contribution in [0.25, 0.3) is 16.6 Å². The van der Waals surface area contributed by atoms with E-state index in [4.69, 9.17) is 11.6 Å². The van der Waals surface area contributed by atoms with Crippen LogP contribution >= 0.6 is 11.6 Å². The molecule has 0 fully saturated rings. The molecule has 8 nitrogen and oxygen atoms in total. The molecule has 37 heavy (non-hydrogen) atoms. The highest BCUT2D eigenvalue weighted by Crippen LogP contribution is 2.25.